The van der Waals surface area contributed by atoms with E-state index in [-0.39, 0.29) is 11.4 Å². The smallest absolute Gasteiger partial charge is 0.348 e. The summed E-state index contributed by atoms with van der Waals surface area (Å²) < 4.78 is 10.8. The lowest BCUT2D eigenvalue weighted by atomic mass is 10.1. The summed E-state index contributed by atoms with van der Waals surface area (Å²) >= 11 is 1.29. The maximum atomic E-state index is 12.4. The predicted octanol–water partition coefficient (Wildman–Crippen LogP) is 4.01. The number of amides is 1. The summed E-state index contributed by atoms with van der Waals surface area (Å²) in [5, 5.41) is 13.3. The van der Waals surface area contributed by atoms with Crippen LogP contribution in [0.3, 0.4) is 0 Å². The molecule has 1 aliphatic rings. The number of carbonyl (C=O) groups excluding carboxylic acids is 2. The first kappa shape index (κ1) is 18.6. The summed E-state index contributed by atoms with van der Waals surface area (Å²) in [6.45, 7) is -0.138. The molecule has 0 atom stereocenters. The summed E-state index contributed by atoms with van der Waals surface area (Å²) in [6, 6.07) is 14.8. The number of hydrogen-bond acceptors (Lipinski definition) is 7. The average molecular weight is 410 g/mol. The predicted molar refractivity (Wildman–Crippen MR) is 106 cm³/mol. The molecule has 0 unspecified atom stereocenters. The molecule has 1 N–H and O–H groups in total. The van der Waals surface area contributed by atoms with Gasteiger partial charge in [0, 0.05) is 33.8 Å². The number of benzene rings is 2. The Morgan fingerprint density at radius 3 is 2.83 bits per heavy atom. The Bertz CT molecular complexity index is 1120. The van der Waals surface area contributed by atoms with Gasteiger partial charge in [0.1, 0.15) is 17.2 Å². The number of nitrogens with one attached hydrogen (secondary N) is 1. The Hall–Kier alpha value is -3.72. The molecule has 0 radical (unpaired) electrons. The van der Waals surface area contributed by atoms with E-state index >= 15 is 0 Å². The van der Waals surface area contributed by atoms with E-state index in [1.165, 1.54) is 35.6 Å². The lowest BCUT2D eigenvalue weighted by Gasteiger charge is -2.16. The highest BCUT2D eigenvalue weighted by molar-refractivity contribution is 7.17. The Kier molecular flexibility index (Phi) is 4.96. The summed E-state index contributed by atoms with van der Waals surface area (Å²) in [7, 11) is 0. The van der Waals surface area contributed by atoms with Crippen LogP contribution in [-0.4, -0.2) is 23.4 Å². The Morgan fingerprint density at radius 2 is 2.00 bits per heavy atom. The molecule has 8 nitrogen and oxygen atoms in total. The van der Waals surface area contributed by atoms with E-state index < -0.39 is 23.4 Å². The van der Waals surface area contributed by atoms with Gasteiger partial charge in [0.15, 0.2) is 6.61 Å². The molecule has 3 aromatic rings. The second-order valence-corrected chi connectivity index (χ2v) is 7.23. The van der Waals surface area contributed by atoms with Crippen molar-refractivity contribution in [2.45, 2.75) is 6.61 Å². The number of nitrogens with zero attached hydrogens (tertiary/aromatic N) is 1. The fourth-order valence-corrected chi connectivity index (χ4v) is 3.99. The SMILES string of the molecule is O=C(COC(=O)c1cc2c(s1)-c1ccccc1OC2)Nc1cccc([N+](=O)[O-])c1. The van der Waals surface area contributed by atoms with E-state index in [0.717, 1.165) is 21.8 Å². The fourth-order valence-electron chi connectivity index (χ4n) is 2.90. The molecule has 0 bridgehead atoms. The second kappa shape index (κ2) is 7.72. The van der Waals surface area contributed by atoms with Crippen LogP contribution in [0.5, 0.6) is 5.75 Å². The van der Waals surface area contributed by atoms with Crippen LogP contribution in [0.15, 0.2) is 54.6 Å². The number of carbonyl (C=O) groups is 2. The van der Waals surface area contributed by atoms with Gasteiger partial charge in [0.25, 0.3) is 11.6 Å². The molecule has 0 spiro atoms. The van der Waals surface area contributed by atoms with Crippen LogP contribution in [0.1, 0.15) is 15.2 Å². The minimum atomic E-state index is -0.615. The van der Waals surface area contributed by atoms with Crippen molar-refractivity contribution in [3.05, 3.63) is 75.2 Å². The molecule has 146 valence electrons. The lowest BCUT2D eigenvalue weighted by molar-refractivity contribution is -0.384. The van der Waals surface area contributed by atoms with Crippen LogP contribution in [0, 0.1) is 10.1 Å². The van der Waals surface area contributed by atoms with Crippen LogP contribution in [0.25, 0.3) is 10.4 Å². The molecule has 1 aromatic heterocycles. The average Bonchev–Trinajstić information content (AvgIpc) is 3.17. The standard InChI is InChI=1S/C20H14N2O6S/c23-18(21-13-4-3-5-14(9-13)22(25)26)11-28-20(24)17-8-12-10-27-16-7-2-1-6-15(16)19(12)29-17/h1-9H,10-11H2,(H,21,23). The highest BCUT2D eigenvalue weighted by atomic mass is 32.1. The lowest BCUT2D eigenvalue weighted by Crippen LogP contribution is -2.20. The number of non-ortho nitro benzene ring substituents is 1. The topological polar surface area (TPSA) is 108 Å². The van der Waals surface area contributed by atoms with E-state index in [1.807, 2.05) is 24.3 Å². The molecular formula is C20H14N2O6S. The van der Waals surface area contributed by atoms with E-state index in [1.54, 1.807) is 6.07 Å². The normalized spacial score (nSPS) is 11.6. The third-order valence-electron chi connectivity index (χ3n) is 4.20. The summed E-state index contributed by atoms with van der Waals surface area (Å²) in [4.78, 5) is 35.9. The van der Waals surface area contributed by atoms with Crippen molar-refractivity contribution < 1.29 is 24.0 Å². The van der Waals surface area contributed by atoms with Gasteiger partial charge in [-0.2, -0.15) is 0 Å². The molecule has 0 saturated carbocycles. The number of anilines is 1. The van der Waals surface area contributed by atoms with Crippen LogP contribution in [0.4, 0.5) is 11.4 Å². The van der Waals surface area contributed by atoms with Gasteiger partial charge < -0.3 is 14.8 Å². The number of esters is 1. The maximum absolute atomic E-state index is 12.4. The molecule has 0 fully saturated rings. The number of thiophene rings is 1. The third kappa shape index (κ3) is 3.94. The van der Waals surface area contributed by atoms with Crippen molar-refractivity contribution in [2.24, 2.45) is 0 Å². The molecule has 1 amide bonds. The number of nitro benzene ring substituents is 1. The van der Waals surface area contributed by atoms with Gasteiger partial charge in [0.05, 0.1) is 4.92 Å². The fraction of sp³-hybridized carbons (Fsp3) is 0.100. The summed E-state index contributed by atoms with van der Waals surface area (Å²) in [6.07, 6.45) is 0. The molecule has 4 rings (SSSR count). The molecular weight excluding hydrogens is 396 g/mol. The van der Waals surface area contributed by atoms with E-state index in [2.05, 4.69) is 5.32 Å². The number of hydrogen-bond donors (Lipinski definition) is 1. The first-order valence-corrected chi connectivity index (χ1v) is 9.39. The molecule has 1 aliphatic heterocycles. The first-order valence-electron chi connectivity index (χ1n) is 8.57. The van der Waals surface area contributed by atoms with Crippen molar-refractivity contribution >= 4 is 34.6 Å². The summed E-state index contributed by atoms with van der Waals surface area (Å²) in [5.74, 6) is -0.442. The molecule has 2 aromatic carbocycles. The van der Waals surface area contributed by atoms with Gasteiger partial charge in [-0.1, -0.05) is 18.2 Å². The zero-order valence-electron chi connectivity index (χ0n) is 14.9. The largest absolute Gasteiger partial charge is 0.488 e. The molecule has 9 heteroatoms. The summed E-state index contributed by atoms with van der Waals surface area (Å²) in [5.41, 5.74) is 1.91. The number of ether oxygens (including phenoxy) is 2. The third-order valence-corrected chi connectivity index (χ3v) is 5.39. The van der Waals surface area contributed by atoms with Crippen LogP contribution in [-0.2, 0) is 16.1 Å². The van der Waals surface area contributed by atoms with Gasteiger partial charge >= 0.3 is 5.97 Å². The van der Waals surface area contributed by atoms with Gasteiger partial charge in [-0.3, -0.25) is 14.9 Å². The zero-order valence-corrected chi connectivity index (χ0v) is 15.7. The van der Waals surface area contributed by atoms with E-state index in [9.17, 15) is 19.7 Å². The minimum absolute atomic E-state index is 0.147. The van der Waals surface area contributed by atoms with Crippen LogP contribution in [0.2, 0.25) is 0 Å². The van der Waals surface area contributed by atoms with Crippen molar-refractivity contribution in [2.75, 3.05) is 11.9 Å². The van der Waals surface area contributed by atoms with Crippen molar-refractivity contribution in [1.29, 1.82) is 0 Å². The van der Waals surface area contributed by atoms with Gasteiger partial charge in [-0.25, -0.2) is 4.79 Å². The van der Waals surface area contributed by atoms with Gasteiger partial charge in [0.2, 0.25) is 0 Å². The number of rotatable bonds is 5. The van der Waals surface area contributed by atoms with Gasteiger partial charge in [-0.15, -0.1) is 11.3 Å². The van der Waals surface area contributed by atoms with E-state index in [4.69, 9.17) is 9.47 Å². The van der Waals surface area contributed by atoms with Crippen molar-refractivity contribution in [3.63, 3.8) is 0 Å². The van der Waals surface area contributed by atoms with Crippen molar-refractivity contribution in [1.82, 2.24) is 0 Å². The highest BCUT2D eigenvalue weighted by Gasteiger charge is 2.23. The Balaban J connectivity index is 1.40. The van der Waals surface area contributed by atoms with Crippen LogP contribution < -0.4 is 10.1 Å². The minimum Gasteiger partial charge on any atom is -0.488 e. The number of para-hydroxylation sites is 1. The van der Waals surface area contributed by atoms with E-state index in [0.29, 0.717) is 11.5 Å². The Labute approximate surface area is 168 Å². The Morgan fingerprint density at radius 1 is 1.17 bits per heavy atom. The molecule has 0 aliphatic carbocycles. The molecule has 0 saturated heterocycles. The maximum Gasteiger partial charge on any atom is 0.348 e. The van der Waals surface area contributed by atoms with Crippen LogP contribution >= 0.6 is 11.3 Å². The van der Waals surface area contributed by atoms with Gasteiger partial charge in [-0.05, 0) is 24.3 Å². The number of fused-ring (bicyclic) bond motifs is 3. The zero-order chi connectivity index (χ0) is 20.4. The second-order valence-electron chi connectivity index (χ2n) is 6.18. The first-order chi connectivity index (χ1) is 14.0. The monoisotopic (exact) mass is 410 g/mol. The molecule has 29 heavy (non-hydrogen) atoms. The van der Waals surface area contributed by atoms with Crippen molar-refractivity contribution in [3.8, 4) is 16.2 Å². The quantitative estimate of drug-likeness (QED) is 0.387. The molecule has 2 heterocycles. The number of nitro groups is 1. The highest BCUT2D eigenvalue weighted by Crippen LogP contribution is 2.42.